The second-order valence-electron chi connectivity index (χ2n) is 5.32. The number of hydrogen-bond donors (Lipinski definition) is 1. The van der Waals surface area contributed by atoms with E-state index < -0.39 is 5.60 Å². The molecule has 0 unspecified atom stereocenters. The minimum atomic E-state index is -0.517. The van der Waals surface area contributed by atoms with Crippen molar-refractivity contribution in [3.05, 3.63) is 35.5 Å². The molecule has 1 N–H and O–H groups in total. The molecule has 3 rings (SSSR count). The van der Waals surface area contributed by atoms with Crippen LogP contribution in [0.2, 0.25) is 5.02 Å². The third kappa shape index (κ3) is 2.28. The van der Waals surface area contributed by atoms with Gasteiger partial charge in [-0.15, -0.1) is 0 Å². The van der Waals surface area contributed by atoms with Crippen LogP contribution in [-0.2, 0) is 0 Å². The van der Waals surface area contributed by atoms with Gasteiger partial charge in [0.05, 0.1) is 11.1 Å². The van der Waals surface area contributed by atoms with Crippen LogP contribution in [0.4, 0.5) is 5.69 Å². The summed E-state index contributed by atoms with van der Waals surface area (Å²) in [7, 11) is 0. The van der Waals surface area contributed by atoms with Crippen LogP contribution in [0.1, 0.15) is 19.8 Å². The van der Waals surface area contributed by atoms with Crippen molar-refractivity contribution in [3.8, 4) is 0 Å². The largest absolute Gasteiger partial charge is 0.386 e. The highest BCUT2D eigenvalue weighted by Crippen LogP contribution is 2.35. The summed E-state index contributed by atoms with van der Waals surface area (Å²) in [4.78, 5) is 6.54. The van der Waals surface area contributed by atoms with Crippen molar-refractivity contribution < 1.29 is 5.11 Å². The van der Waals surface area contributed by atoms with Crippen LogP contribution in [0, 0.1) is 0 Å². The van der Waals surface area contributed by atoms with Crippen LogP contribution >= 0.6 is 11.6 Å². The first-order valence-electron chi connectivity index (χ1n) is 6.63. The van der Waals surface area contributed by atoms with Gasteiger partial charge in [0.25, 0.3) is 0 Å². The van der Waals surface area contributed by atoms with Crippen LogP contribution in [0.25, 0.3) is 10.9 Å². The number of fused-ring (bicyclic) bond motifs is 1. The van der Waals surface area contributed by atoms with E-state index >= 15 is 0 Å². The van der Waals surface area contributed by atoms with Crippen LogP contribution in [0.3, 0.4) is 0 Å². The summed E-state index contributed by atoms with van der Waals surface area (Å²) in [6.07, 6.45) is 3.67. The first-order valence-corrected chi connectivity index (χ1v) is 7.01. The van der Waals surface area contributed by atoms with Crippen LogP contribution < -0.4 is 4.90 Å². The number of halogens is 1. The van der Waals surface area contributed by atoms with Gasteiger partial charge in [0.15, 0.2) is 0 Å². The molecule has 1 aliphatic heterocycles. The third-order valence-corrected chi connectivity index (χ3v) is 3.94. The van der Waals surface area contributed by atoms with Gasteiger partial charge in [0, 0.05) is 35.4 Å². The molecule has 19 heavy (non-hydrogen) atoms. The van der Waals surface area contributed by atoms with Gasteiger partial charge in [-0.3, -0.25) is 4.98 Å². The number of benzene rings is 1. The van der Waals surface area contributed by atoms with Crippen molar-refractivity contribution in [2.45, 2.75) is 25.4 Å². The Morgan fingerprint density at radius 3 is 2.89 bits per heavy atom. The van der Waals surface area contributed by atoms with E-state index in [0.717, 1.165) is 29.4 Å². The number of rotatable bonds is 3. The summed E-state index contributed by atoms with van der Waals surface area (Å²) in [5.74, 6) is 0. The van der Waals surface area contributed by atoms with Gasteiger partial charge in [-0.1, -0.05) is 24.9 Å². The summed E-state index contributed by atoms with van der Waals surface area (Å²) in [5.41, 5.74) is 1.51. The van der Waals surface area contributed by atoms with Crippen LogP contribution in [0.15, 0.2) is 30.5 Å². The number of pyridine rings is 1. The fourth-order valence-corrected chi connectivity index (χ4v) is 3.01. The lowest BCUT2D eigenvalue weighted by Gasteiger charge is -2.48. The van der Waals surface area contributed by atoms with E-state index in [1.54, 1.807) is 6.20 Å². The predicted molar refractivity (Wildman–Crippen MR) is 78.8 cm³/mol. The van der Waals surface area contributed by atoms with Gasteiger partial charge in [-0.05, 0) is 30.7 Å². The highest BCUT2D eigenvalue weighted by Gasteiger charge is 2.40. The van der Waals surface area contributed by atoms with Crippen molar-refractivity contribution in [3.63, 3.8) is 0 Å². The Hall–Kier alpha value is -1.32. The lowest BCUT2D eigenvalue weighted by Crippen LogP contribution is -2.62. The number of hydrogen-bond acceptors (Lipinski definition) is 3. The molecule has 0 radical (unpaired) electrons. The number of nitrogens with zero attached hydrogens (tertiary/aromatic N) is 2. The maximum atomic E-state index is 10.3. The van der Waals surface area contributed by atoms with Gasteiger partial charge in [0.1, 0.15) is 0 Å². The smallest absolute Gasteiger partial charge is 0.0995 e. The first kappa shape index (κ1) is 12.7. The van der Waals surface area contributed by atoms with Gasteiger partial charge in [-0.2, -0.15) is 0 Å². The van der Waals surface area contributed by atoms with Gasteiger partial charge < -0.3 is 10.0 Å². The standard InChI is InChI=1S/C15H17ClN2O/c1-2-6-15(19)9-18(10-15)14-5-7-17-13-8-11(16)3-4-12(13)14/h3-5,7-8,19H,2,6,9-10H2,1H3. The zero-order chi connectivity index (χ0) is 13.5. The van der Waals surface area contributed by atoms with Crippen LogP contribution in [-0.4, -0.2) is 28.8 Å². The molecule has 3 nitrogen and oxygen atoms in total. The van der Waals surface area contributed by atoms with E-state index in [-0.39, 0.29) is 0 Å². The molecule has 0 aliphatic carbocycles. The van der Waals surface area contributed by atoms with Gasteiger partial charge in [0.2, 0.25) is 0 Å². The summed E-state index contributed by atoms with van der Waals surface area (Å²) in [5, 5.41) is 12.1. The van der Waals surface area contributed by atoms with Crippen molar-refractivity contribution >= 4 is 28.2 Å². The lowest BCUT2D eigenvalue weighted by atomic mass is 9.88. The van der Waals surface area contributed by atoms with E-state index in [1.165, 1.54) is 0 Å². The number of aliphatic hydroxyl groups is 1. The molecular formula is C15H17ClN2O. The molecule has 2 heterocycles. The number of anilines is 1. The summed E-state index contributed by atoms with van der Waals surface area (Å²) >= 11 is 5.99. The summed E-state index contributed by atoms with van der Waals surface area (Å²) in [6, 6.07) is 7.75. The fourth-order valence-electron chi connectivity index (χ4n) is 2.84. The van der Waals surface area contributed by atoms with Crippen molar-refractivity contribution in [1.29, 1.82) is 0 Å². The molecule has 1 aromatic heterocycles. The minimum Gasteiger partial charge on any atom is -0.386 e. The minimum absolute atomic E-state index is 0.517. The van der Waals surface area contributed by atoms with E-state index in [1.807, 2.05) is 24.3 Å². The Labute approximate surface area is 117 Å². The number of aromatic nitrogens is 1. The summed E-state index contributed by atoms with van der Waals surface area (Å²) in [6.45, 7) is 3.50. The normalized spacial score (nSPS) is 17.5. The van der Waals surface area contributed by atoms with Gasteiger partial charge in [-0.25, -0.2) is 0 Å². The van der Waals surface area contributed by atoms with Crippen molar-refractivity contribution in [1.82, 2.24) is 4.98 Å². The highest BCUT2D eigenvalue weighted by atomic mass is 35.5. The summed E-state index contributed by atoms with van der Waals surface area (Å²) < 4.78 is 0. The molecule has 4 heteroatoms. The first-order chi connectivity index (χ1) is 9.11. The average Bonchev–Trinajstić information content (AvgIpc) is 2.35. The molecule has 0 atom stereocenters. The van der Waals surface area contributed by atoms with Gasteiger partial charge >= 0.3 is 0 Å². The highest BCUT2D eigenvalue weighted by molar-refractivity contribution is 6.31. The maximum absolute atomic E-state index is 10.3. The monoisotopic (exact) mass is 276 g/mol. The zero-order valence-electron chi connectivity index (χ0n) is 10.9. The van der Waals surface area contributed by atoms with E-state index in [2.05, 4.69) is 16.8 Å². The van der Waals surface area contributed by atoms with E-state index in [9.17, 15) is 5.11 Å². The molecule has 1 aliphatic rings. The molecule has 100 valence electrons. The maximum Gasteiger partial charge on any atom is 0.0995 e. The third-order valence-electron chi connectivity index (χ3n) is 3.71. The Kier molecular flexibility index (Phi) is 3.11. The zero-order valence-corrected chi connectivity index (χ0v) is 11.7. The number of β-amino-alcohol motifs (C(OH)–C–C–N with tert-alkyl or cyclic N) is 1. The van der Waals surface area contributed by atoms with E-state index in [4.69, 9.17) is 11.6 Å². The quantitative estimate of drug-likeness (QED) is 0.935. The second-order valence-corrected chi connectivity index (χ2v) is 5.76. The fraction of sp³-hybridized carbons (Fsp3) is 0.400. The average molecular weight is 277 g/mol. The van der Waals surface area contributed by atoms with Crippen molar-refractivity contribution in [2.75, 3.05) is 18.0 Å². The lowest BCUT2D eigenvalue weighted by molar-refractivity contribution is 0.00355. The molecule has 1 fully saturated rings. The van der Waals surface area contributed by atoms with E-state index in [0.29, 0.717) is 18.1 Å². The van der Waals surface area contributed by atoms with Crippen LogP contribution in [0.5, 0.6) is 0 Å². The molecule has 0 spiro atoms. The molecular weight excluding hydrogens is 260 g/mol. The molecule has 0 amide bonds. The second kappa shape index (κ2) is 4.66. The predicted octanol–water partition coefficient (Wildman–Crippen LogP) is 3.24. The molecule has 2 aromatic rings. The Bertz CT molecular complexity index is 608. The van der Waals surface area contributed by atoms with Crippen molar-refractivity contribution in [2.24, 2.45) is 0 Å². The Morgan fingerprint density at radius 1 is 1.37 bits per heavy atom. The Balaban J connectivity index is 1.91. The molecule has 1 saturated heterocycles. The topological polar surface area (TPSA) is 36.4 Å². The molecule has 0 bridgehead atoms. The molecule has 1 aromatic carbocycles. The SMILES string of the molecule is CCCC1(O)CN(c2ccnc3cc(Cl)ccc23)C1. The molecule has 0 saturated carbocycles. The Morgan fingerprint density at radius 2 is 2.16 bits per heavy atom.